The van der Waals surface area contributed by atoms with Crippen molar-refractivity contribution in [1.29, 1.82) is 0 Å². The van der Waals surface area contributed by atoms with Crippen LogP contribution in [0.15, 0.2) is 48.7 Å². The number of aromatic amines is 1. The minimum Gasteiger partial charge on any atom is -0.385 e. The number of anilines is 1. The molecule has 0 spiro atoms. The molecule has 0 saturated carbocycles. The second-order valence-corrected chi connectivity index (χ2v) is 6.68. The molecular weight excluding hydrogens is 395 g/mol. The maximum atomic E-state index is 13.4. The number of nitrogens with two attached hydrogens (primary N) is 1. The zero-order valence-electron chi connectivity index (χ0n) is 16.1. The Hall–Kier alpha value is -3.82. The molecule has 10 heteroatoms. The van der Waals surface area contributed by atoms with E-state index in [-0.39, 0.29) is 23.1 Å². The van der Waals surface area contributed by atoms with Crippen molar-refractivity contribution < 1.29 is 13.2 Å². The van der Waals surface area contributed by atoms with Crippen LogP contribution in [0.1, 0.15) is 23.5 Å². The van der Waals surface area contributed by atoms with Gasteiger partial charge in [0.05, 0.1) is 28.1 Å². The molecule has 0 atom stereocenters. The highest BCUT2D eigenvalue weighted by atomic mass is 19.3. The lowest BCUT2D eigenvalue weighted by Crippen LogP contribution is -2.04. The van der Waals surface area contributed by atoms with Crippen LogP contribution >= 0.6 is 0 Å². The van der Waals surface area contributed by atoms with Gasteiger partial charge in [-0.3, -0.25) is 0 Å². The summed E-state index contributed by atoms with van der Waals surface area (Å²) in [5.74, 6) is -0.0562. The third-order valence-electron chi connectivity index (χ3n) is 4.46. The highest BCUT2D eigenvalue weighted by Crippen LogP contribution is 2.23. The van der Waals surface area contributed by atoms with E-state index in [1.165, 1.54) is 30.5 Å². The highest BCUT2D eigenvalue weighted by molar-refractivity contribution is 5.79. The normalized spacial score (nSPS) is 11.3. The van der Waals surface area contributed by atoms with Crippen LogP contribution in [-0.2, 0) is 0 Å². The Morgan fingerprint density at radius 3 is 2.43 bits per heavy atom. The highest BCUT2D eigenvalue weighted by Gasteiger charge is 2.17. The van der Waals surface area contributed by atoms with Crippen LogP contribution in [0.4, 0.5) is 19.0 Å². The third-order valence-corrected chi connectivity index (χ3v) is 4.46. The molecule has 4 rings (SSSR count). The Bertz CT molecular complexity index is 1270. The van der Waals surface area contributed by atoms with Gasteiger partial charge in [0.2, 0.25) is 0 Å². The van der Waals surface area contributed by atoms with E-state index in [0.717, 1.165) is 4.68 Å². The van der Waals surface area contributed by atoms with Crippen LogP contribution in [0.2, 0.25) is 0 Å². The third kappa shape index (κ3) is 3.59. The Balaban J connectivity index is 1.95. The van der Waals surface area contributed by atoms with E-state index in [1.54, 1.807) is 36.7 Å². The number of nitrogens with one attached hydrogen (secondary N) is 1. The molecule has 0 unspecified atom stereocenters. The van der Waals surface area contributed by atoms with Crippen molar-refractivity contribution in [2.75, 3.05) is 5.73 Å². The minimum absolute atomic E-state index is 0.128. The fraction of sp³-hybridized carbons (Fsp3) is 0.150. The largest absolute Gasteiger partial charge is 0.385 e. The fourth-order valence-electron chi connectivity index (χ4n) is 3.15. The number of hydrogen-bond acceptors (Lipinski definition) is 4. The van der Waals surface area contributed by atoms with E-state index in [9.17, 15) is 13.2 Å². The standard InChI is InChI=1S/C20H18F3N7/c1-11-9-16(20(22)23)30(27-11)18-10-17(24)26-19-12(2)28-29(15(19)7-8-25-18)14-5-3-13(21)4-6-14/h3-10,20,26H,24H2,1-2H3. The minimum atomic E-state index is -2.72. The summed E-state index contributed by atoms with van der Waals surface area (Å²) in [4.78, 5) is 7.33. The Morgan fingerprint density at radius 1 is 1.00 bits per heavy atom. The molecule has 154 valence electrons. The van der Waals surface area contributed by atoms with Gasteiger partial charge in [0.1, 0.15) is 17.3 Å². The average Bonchev–Trinajstić information content (AvgIpc) is 3.24. The van der Waals surface area contributed by atoms with E-state index in [2.05, 4.69) is 20.2 Å². The van der Waals surface area contributed by atoms with Crippen LogP contribution in [0.5, 0.6) is 0 Å². The number of nitrogen functional groups attached to an aromatic ring is 1. The van der Waals surface area contributed by atoms with E-state index in [1.807, 2.05) is 0 Å². The molecule has 7 nitrogen and oxygen atoms in total. The number of rotatable bonds is 3. The summed E-state index contributed by atoms with van der Waals surface area (Å²) in [5, 5.41) is 8.60. The van der Waals surface area contributed by atoms with Gasteiger partial charge in [-0.2, -0.15) is 10.2 Å². The number of halogens is 3. The summed E-state index contributed by atoms with van der Waals surface area (Å²) in [6.45, 7) is 3.41. The first kappa shape index (κ1) is 19.5. The first-order chi connectivity index (χ1) is 14.3. The van der Waals surface area contributed by atoms with E-state index < -0.39 is 6.43 Å². The molecule has 3 N–H and O–H groups in total. The number of aromatic nitrogens is 6. The summed E-state index contributed by atoms with van der Waals surface area (Å²) in [6.07, 6.45) is -1.27. The van der Waals surface area contributed by atoms with Crippen molar-refractivity contribution >= 4 is 16.9 Å². The molecule has 0 amide bonds. The molecule has 0 aliphatic carbocycles. The predicted molar refractivity (Wildman–Crippen MR) is 107 cm³/mol. The zero-order chi connectivity index (χ0) is 21.4. The monoisotopic (exact) mass is 413 g/mol. The number of benzene rings is 1. The van der Waals surface area contributed by atoms with Gasteiger partial charge in [-0.05, 0) is 50.2 Å². The zero-order valence-corrected chi connectivity index (χ0v) is 16.1. The van der Waals surface area contributed by atoms with E-state index in [4.69, 9.17) is 5.73 Å². The van der Waals surface area contributed by atoms with Gasteiger partial charge in [-0.25, -0.2) is 27.5 Å². The van der Waals surface area contributed by atoms with Crippen LogP contribution in [0.3, 0.4) is 0 Å². The van der Waals surface area contributed by atoms with Gasteiger partial charge in [0.25, 0.3) is 6.43 Å². The van der Waals surface area contributed by atoms with Crippen LogP contribution in [0, 0.1) is 19.7 Å². The molecule has 4 aromatic rings. The lowest BCUT2D eigenvalue weighted by molar-refractivity contribution is 0.142. The first-order valence-corrected chi connectivity index (χ1v) is 9.02. The molecule has 1 aromatic carbocycles. The predicted octanol–water partition coefficient (Wildman–Crippen LogP) is 4.33. The maximum Gasteiger partial charge on any atom is 0.280 e. The fourth-order valence-corrected chi connectivity index (χ4v) is 3.15. The van der Waals surface area contributed by atoms with Crippen molar-refractivity contribution in [1.82, 2.24) is 29.5 Å². The molecule has 30 heavy (non-hydrogen) atoms. The Kier molecular flexibility index (Phi) is 4.90. The van der Waals surface area contributed by atoms with Gasteiger partial charge in [0, 0.05) is 12.3 Å². The van der Waals surface area contributed by atoms with Gasteiger partial charge >= 0.3 is 0 Å². The van der Waals surface area contributed by atoms with Crippen LogP contribution in [-0.4, -0.2) is 29.5 Å². The SMILES string of the molecule is Cc1cc(C(F)F)n(-c2cc(N)[nH]c3c(C)nn(-c4ccc(F)cc4)c3ccn2)n1. The van der Waals surface area contributed by atoms with Crippen molar-refractivity contribution in [3.8, 4) is 11.5 Å². The summed E-state index contributed by atoms with van der Waals surface area (Å²) in [5.41, 5.74) is 8.78. The summed E-state index contributed by atoms with van der Waals surface area (Å²) >= 11 is 0. The number of alkyl halides is 2. The van der Waals surface area contributed by atoms with Crippen molar-refractivity contribution in [3.63, 3.8) is 0 Å². The van der Waals surface area contributed by atoms with Crippen molar-refractivity contribution in [2.24, 2.45) is 0 Å². The number of H-pyrrole nitrogens is 1. The van der Waals surface area contributed by atoms with Gasteiger partial charge < -0.3 is 10.7 Å². The number of aryl methyl sites for hydroxylation is 2. The molecule has 0 bridgehead atoms. The molecule has 3 heterocycles. The van der Waals surface area contributed by atoms with Crippen LogP contribution in [0.25, 0.3) is 22.5 Å². The Morgan fingerprint density at radius 2 is 1.73 bits per heavy atom. The molecule has 0 aliphatic heterocycles. The molecular formula is C20H18F3N7. The molecule has 0 radical (unpaired) electrons. The summed E-state index contributed by atoms with van der Waals surface area (Å²) in [7, 11) is 0. The number of nitrogens with zero attached hydrogens (tertiary/aromatic N) is 5. The lowest BCUT2D eigenvalue weighted by Gasteiger charge is -2.04. The second-order valence-electron chi connectivity index (χ2n) is 6.68. The quantitative estimate of drug-likeness (QED) is 0.523. The van der Waals surface area contributed by atoms with Gasteiger partial charge in [-0.1, -0.05) is 0 Å². The lowest BCUT2D eigenvalue weighted by atomic mass is 10.3. The van der Waals surface area contributed by atoms with Gasteiger partial charge in [0.15, 0.2) is 5.82 Å². The maximum absolute atomic E-state index is 13.4. The average molecular weight is 413 g/mol. The number of fused-ring (bicyclic) bond motifs is 1. The molecule has 0 saturated heterocycles. The topological polar surface area (TPSA) is 90.3 Å². The first-order valence-electron chi connectivity index (χ1n) is 9.02. The molecule has 3 aromatic heterocycles. The van der Waals surface area contributed by atoms with E-state index >= 15 is 0 Å². The second kappa shape index (κ2) is 7.54. The van der Waals surface area contributed by atoms with Crippen LogP contribution < -0.4 is 5.73 Å². The van der Waals surface area contributed by atoms with Crippen molar-refractivity contribution in [2.45, 2.75) is 20.3 Å². The molecule has 0 fully saturated rings. The Labute approximate surface area is 169 Å². The van der Waals surface area contributed by atoms with Crippen molar-refractivity contribution in [3.05, 3.63) is 71.6 Å². The number of hydrogen-bond donors (Lipinski definition) is 2. The van der Waals surface area contributed by atoms with E-state index in [0.29, 0.717) is 28.1 Å². The molecule has 0 aliphatic rings. The summed E-state index contributed by atoms with van der Waals surface area (Å²) < 4.78 is 42.8. The summed E-state index contributed by atoms with van der Waals surface area (Å²) in [6, 6.07) is 10.2. The smallest absolute Gasteiger partial charge is 0.280 e. The van der Waals surface area contributed by atoms with Gasteiger partial charge in [-0.15, -0.1) is 0 Å².